The molecule has 3 aromatic carbocycles. The van der Waals surface area contributed by atoms with Crippen molar-refractivity contribution < 1.29 is 9.59 Å². The molecule has 1 aromatic heterocycles. The number of fused-ring (bicyclic) bond motifs is 3. The van der Waals surface area contributed by atoms with Crippen LogP contribution in [0.3, 0.4) is 0 Å². The van der Waals surface area contributed by atoms with Gasteiger partial charge in [0.15, 0.2) is 5.54 Å². The maximum absolute atomic E-state index is 14.6. The summed E-state index contributed by atoms with van der Waals surface area (Å²) in [6.07, 6.45) is 6.58. The normalized spacial score (nSPS) is 20.2. The third-order valence-corrected chi connectivity index (χ3v) is 8.45. The van der Waals surface area contributed by atoms with Crippen molar-refractivity contribution >= 4 is 34.3 Å². The van der Waals surface area contributed by atoms with Crippen molar-refractivity contribution in [3.63, 3.8) is 0 Å². The largest absolute Gasteiger partial charge is 0.351 e. The maximum atomic E-state index is 14.6. The molecule has 1 N–H and O–H groups in total. The van der Waals surface area contributed by atoms with Crippen LogP contribution in [0.4, 0.5) is 0 Å². The van der Waals surface area contributed by atoms with Crippen LogP contribution in [0, 0.1) is 0 Å². The Labute approximate surface area is 228 Å². The van der Waals surface area contributed by atoms with Gasteiger partial charge in [-0.3, -0.25) is 9.59 Å². The second kappa shape index (κ2) is 10.3. The van der Waals surface area contributed by atoms with E-state index < -0.39 is 5.54 Å². The molecule has 1 fully saturated rings. The molecule has 2 amide bonds. The number of nitrogens with zero attached hydrogens (tertiary/aromatic N) is 2. The number of halogens is 1. The summed E-state index contributed by atoms with van der Waals surface area (Å²) in [4.78, 5) is 30.8. The quantitative estimate of drug-likeness (QED) is 0.295. The highest BCUT2D eigenvalue weighted by atomic mass is 35.5. The minimum atomic E-state index is -1.21. The zero-order valence-electron chi connectivity index (χ0n) is 21.4. The predicted molar refractivity (Wildman–Crippen MR) is 151 cm³/mol. The molecular formula is C32H32ClN3O2. The Balaban J connectivity index is 1.52. The number of para-hydroxylation sites is 1. The van der Waals surface area contributed by atoms with Crippen LogP contribution in [0.15, 0.2) is 84.9 Å². The first-order valence-corrected chi connectivity index (χ1v) is 14.0. The Kier molecular flexibility index (Phi) is 6.71. The van der Waals surface area contributed by atoms with Gasteiger partial charge in [0, 0.05) is 28.5 Å². The van der Waals surface area contributed by atoms with E-state index in [0.29, 0.717) is 23.8 Å². The van der Waals surface area contributed by atoms with Gasteiger partial charge in [-0.2, -0.15) is 0 Å². The molecule has 5 nitrogen and oxygen atoms in total. The number of hydrogen-bond acceptors (Lipinski definition) is 2. The SMILES string of the molecule is O=C1c2cc3ccccc3n2C[C@](C(=O)NC2CCCCCC2)(c2ccccc2)N1Cc1ccc(Cl)cc1. The van der Waals surface area contributed by atoms with Crippen molar-refractivity contribution in [2.24, 2.45) is 0 Å². The highest BCUT2D eigenvalue weighted by molar-refractivity contribution is 6.30. The van der Waals surface area contributed by atoms with Crippen molar-refractivity contribution in [2.75, 3.05) is 0 Å². The minimum absolute atomic E-state index is 0.110. The van der Waals surface area contributed by atoms with Gasteiger partial charge in [0.25, 0.3) is 11.8 Å². The Morgan fingerprint density at radius 1 is 0.895 bits per heavy atom. The number of hydrogen-bond donors (Lipinski definition) is 1. The van der Waals surface area contributed by atoms with Crippen molar-refractivity contribution in [3.05, 3.63) is 107 Å². The Bertz CT molecular complexity index is 1460. The number of benzene rings is 3. The Morgan fingerprint density at radius 3 is 2.32 bits per heavy atom. The van der Waals surface area contributed by atoms with Crippen LogP contribution in [-0.4, -0.2) is 27.3 Å². The van der Waals surface area contributed by atoms with Crippen LogP contribution in [0.2, 0.25) is 5.02 Å². The molecule has 6 rings (SSSR count). The average Bonchev–Trinajstić information content (AvgIpc) is 3.11. The number of rotatable bonds is 5. The van der Waals surface area contributed by atoms with E-state index in [0.717, 1.165) is 47.7 Å². The summed E-state index contributed by atoms with van der Waals surface area (Å²) in [5, 5.41) is 5.05. The molecule has 1 aliphatic heterocycles. The van der Waals surface area contributed by atoms with Gasteiger partial charge in [-0.05, 0) is 48.2 Å². The van der Waals surface area contributed by atoms with E-state index in [-0.39, 0.29) is 17.9 Å². The molecular weight excluding hydrogens is 494 g/mol. The maximum Gasteiger partial charge on any atom is 0.272 e. The summed E-state index contributed by atoms with van der Waals surface area (Å²) in [6.45, 7) is 0.641. The first-order chi connectivity index (χ1) is 18.6. The fraction of sp³-hybridized carbons (Fsp3) is 0.312. The summed E-state index contributed by atoms with van der Waals surface area (Å²) >= 11 is 6.17. The van der Waals surface area contributed by atoms with Crippen LogP contribution in [0.1, 0.15) is 60.1 Å². The number of nitrogens with one attached hydrogen (secondary N) is 1. The number of amides is 2. The molecule has 2 aliphatic rings. The summed E-state index contributed by atoms with van der Waals surface area (Å²) in [5.74, 6) is -0.261. The highest BCUT2D eigenvalue weighted by Crippen LogP contribution is 2.40. The lowest BCUT2D eigenvalue weighted by Crippen LogP contribution is -2.63. The van der Waals surface area contributed by atoms with Gasteiger partial charge in [-0.1, -0.05) is 97.9 Å². The molecule has 0 spiro atoms. The smallest absolute Gasteiger partial charge is 0.272 e. The van der Waals surface area contributed by atoms with Crippen molar-refractivity contribution in [2.45, 2.75) is 63.2 Å². The Hall–Kier alpha value is -3.57. The standard InChI is InChI=1S/C32H32ClN3O2/c33-26-18-16-23(17-19-26)21-36-30(37)29-20-24-10-8-9-15-28(24)35(29)22-32(36,25-11-4-3-5-12-25)31(38)34-27-13-6-1-2-7-14-27/h3-5,8-12,15-20,27H,1-2,6-7,13-14,21-22H2,(H,34,38)/t32-/m1/s1. The van der Waals surface area contributed by atoms with Crippen LogP contribution in [0.5, 0.6) is 0 Å². The molecule has 6 heteroatoms. The average molecular weight is 526 g/mol. The number of carbonyl (C=O) groups excluding carboxylic acids is 2. The second-order valence-electron chi connectivity index (χ2n) is 10.6. The molecule has 4 aromatic rings. The van der Waals surface area contributed by atoms with E-state index in [1.54, 1.807) is 4.90 Å². The first kappa shape index (κ1) is 24.7. The van der Waals surface area contributed by atoms with Gasteiger partial charge >= 0.3 is 0 Å². The number of carbonyl (C=O) groups is 2. The zero-order valence-corrected chi connectivity index (χ0v) is 22.2. The molecule has 194 valence electrons. The fourth-order valence-electron chi connectivity index (χ4n) is 6.18. The first-order valence-electron chi connectivity index (χ1n) is 13.6. The van der Waals surface area contributed by atoms with Gasteiger partial charge < -0.3 is 14.8 Å². The molecule has 0 saturated heterocycles. The van der Waals surface area contributed by atoms with Crippen LogP contribution >= 0.6 is 11.6 Å². The molecule has 1 atom stereocenters. The molecule has 1 saturated carbocycles. The topological polar surface area (TPSA) is 54.3 Å². The van der Waals surface area contributed by atoms with Crippen LogP contribution in [-0.2, 0) is 23.4 Å². The predicted octanol–water partition coefficient (Wildman–Crippen LogP) is 6.69. The summed E-state index contributed by atoms with van der Waals surface area (Å²) < 4.78 is 2.04. The zero-order chi connectivity index (χ0) is 26.1. The Morgan fingerprint density at radius 2 is 1.58 bits per heavy atom. The lowest BCUT2D eigenvalue weighted by Gasteiger charge is -2.47. The molecule has 0 bridgehead atoms. The van der Waals surface area contributed by atoms with Crippen LogP contribution in [0.25, 0.3) is 10.9 Å². The van der Waals surface area contributed by atoms with Gasteiger partial charge in [0.2, 0.25) is 0 Å². The molecule has 2 heterocycles. The number of aromatic nitrogens is 1. The van der Waals surface area contributed by atoms with Gasteiger partial charge in [0.1, 0.15) is 5.69 Å². The third kappa shape index (κ3) is 4.39. The van der Waals surface area contributed by atoms with E-state index >= 15 is 0 Å². The van der Waals surface area contributed by atoms with Crippen molar-refractivity contribution in [1.29, 1.82) is 0 Å². The summed E-state index contributed by atoms with van der Waals surface area (Å²) in [6, 6.07) is 27.4. The molecule has 0 radical (unpaired) electrons. The summed E-state index contributed by atoms with van der Waals surface area (Å²) in [7, 11) is 0. The van der Waals surface area contributed by atoms with Gasteiger partial charge in [-0.15, -0.1) is 0 Å². The van der Waals surface area contributed by atoms with E-state index in [2.05, 4.69) is 5.32 Å². The van der Waals surface area contributed by atoms with E-state index in [1.807, 2.05) is 89.5 Å². The third-order valence-electron chi connectivity index (χ3n) is 8.19. The van der Waals surface area contributed by atoms with E-state index in [4.69, 9.17) is 11.6 Å². The van der Waals surface area contributed by atoms with Gasteiger partial charge in [0.05, 0.1) is 6.54 Å². The minimum Gasteiger partial charge on any atom is -0.351 e. The van der Waals surface area contributed by atoms with E-state index in [1.165, 1.54) is 12.8 Å². The summed E-state index contributed by atoms with van der Waals surface area (Å²) in [5.41, 5.74) is 2.10. The lowest BCUT2D eigenvalue weighted by atomic mass is 9.83. The van der Waals surface area contributed by atoms with Gasteiger partial charge in [-0.25, -0.2) is 0 Å². The van der Waals surface area contributed by atoms with Crippen LogP contribution < -0.4 is 5.32 Å². The molecule has 0 unspecified atom stereocenters. The van der Waals surface area contributed by atoms with Crippen molar-refractivity contribution in [1.82, 2.24) is 14.8 Å². The lowest BCUT2D eigenvalue weighted by molar-refractivity contribution is -0.136. The van der Waals surface area contributed by atoms with E-state index in [9.17, 15) is 9.59 Å². The fourth-order valence-corrected chi connectivity index (χ4v) is 6.30. The molecule has 38 heavy (non-hydrogen) atoms. The monoisotopic (exact) mass is 525 g/mol. The second-order valence-corrected chi connectivity index (χ2v) is 11.0. The highest BCUT2D eigenvalue weighted by Gasteiger charge is 2.52. The molecule has 1 aliphatic carbocycles. The van der Waals surface area contributed by atoms with Crippen molar-refractivity contribution in [3.8, 4) is 0 Å².